The number of nitrogens with zero attached hydrogens (tertiary/aromatic N) is 3. The number of benzene rings is 1. The van der Waals surface area contributed by atoms with Gasteiger partial charge in [-0.05, 0) is 31.7 Å². The molecular formula is C24H39N5O. The van der Waals surface area contributed by atoms with Gasteiger partial charge >= 0.3 is 0 Å². The summed E-state index contributed by atoms with van der Waals surface area (Å²) in [6.45, 7) is 8.95. The number of ether oxygens (including phenoxy) is 1. The van der Waals surface area contributed by atoms with Crippen LogP contribution in [0.4, 0.5) is 0 Å². The number of hydrogen-bond donors (Lipinski definition) is 2. The largest absolute Gasteiger partial charge is 0.379 e. The first-order valence-electron chi connectivity index (χ1n) is 11.8. The minimum absolute atomic E-state index is 0.326. The van der Waals surface area contributed by atoms with Crippen molar-refractivity contribution in [1.82, 2.24) is 20.4 Å². The summed E-state index contributed by atoms with van der Waals surface area (Å²) in [7, 11) is 1.88. The number of aryl methyl sites for hydroxylation is 1. The first-order valence-corrected chi connectivity index (χ1v) is 11.8. The molecule has 4 rings (SSSR count). The number of aliphatic imine (C=N–C) groups is 1. The highest BCUT2D eigenvalue weighted by Gasteiger charge is 2.30. The van der Waals surface area contributed by atoms with Crippen LogP contribution in [0.25, 0.3) is 0 Å². The molecule has 0 spiro atoms. The maximum atomic E-state index is 5.59. The standard InChI is InChI=1S/C24H39N5O/c1-19-7-9-20(10-8-19)23(28-13-15-30-16-14-28)17-26-24(25-2)27-21-11-12-29(18-21)22-5-3-4-6-22/h7-10,21-23H,3-6,11-18H2,1-2H3,(H2,25,26,27). The molecule has 1 aromatic carbocycles. The Kier molecular flexibility index (Phi) is 7.63. The smallest absolute Gasteiger partial charge is 0.191 e. The van der Waals surface area contributed by atoms with Gasteiger partial charge in [0.05, 0.1) is 19.3 Å². The molecule has 30 heavy (non-hydrogen) atoms. The number of rotatable bonds is 6. The van der Waals surface area contributed by atoms with Gasteiger partial charge in [-0.1, -0.05) is 42.7 Å². The molecule has 6 nitrogen and oxygen atoms in total. The van der Waals surface area contributed by atoms with Gasteiger partial charge in [0, 0.05) is 51.9 Å². The molecule has 2 N–H and O–H groups in total. The van der Waals surface area contributed by atoms with Gasteiger partial charge < -0.3 is 15.4 Å². The van der Waals surface area contributed by atoms with Gasteiger partial charge in [-0.25, -0.2) is 0 Å². The zero-order valence-corrected chi connectivity index (χ0v) is 18.8. The second-order valence-electron chi connectivity index (χ2n) is 9.09. The Labute approximate surface area is 182 Å². The zero-order chi connectivity index (χ0) is 20.8. The fourth-order valence-electron chi connectivity index (χ4n) is 5.22. The number of likely N-dealkylation sites (tertiary alicyclic amines) is 1. The van der Waals surface area contributed by atoms with E-state index >= 15 is 0 Å². The Bertz CT molecular complexity index is 679. The van der Waals surface area contributed by atoms with Gasteiger partial charge in [0.15, 0.2) is 5.96 Å². The minimum Gasteiger partial charge on any atom is -0.379 e. The van der Waals surface area contributed by atoms with Crippen molar-refractivity contribution in [3.05, 3.63) is 35.4 Å². The van der Waals surface area contributed by atoms with E-state index in [0.29, 0.717) is 12.1 Å². The Morgan fingerprint density at radius 2 is 1.83 bits per heavy atom. The Morgan fingerprint density at radius 1 is 1.10 bits per heavy atom. The van der Waals surface area contributed by atoms with E-state index in [1.54, 1.807) is 0 Å². The third-order valence-electron chi connectivity index (χ3n) is 7.04. The van der Waals surface area contributed by atoms with Gasteiger partial charge in [0.25, 0.3) is 0 Å². The molecule has 6 heteroatoms. The van der Waals surface area contributed by atoms with Crippen molar-refractivity contribution in [3.63, 3.8) is 0 Å². The summed E-state index contributed by atoms with van der Waals surface area (Å²) in [6.07, 6.45) is 6.80. The van der Waals surface area contributed by atoms with Crippen LogP contribution in [0.1, 0.15) is 49.3 Å². The molecule has 0 bridgehead atoms. The molecule has 2 heterocycles. The van der Waals surface area contributed by atoms with E-state index in [1.165, 1.54) is 49.8 Å². The molecular weight excluding hydrogens is 374 g/mol. The molecule has 0 radical (unpaired) electrons. The second kappa shape index (κ2) is 10.6. The van der Waals surface area contributed by atoms with Crippen molar-refractivity contribution in [2.24, 2.45) is 4.99 Å². The average Bonchev–Trinajstić information content (AvgIpc) is 3.47. The maximum Gasteiger partial charge on any atom is 0.191 e. The summed E-state index contributed by atoms with van der Waals surface area (Å²) in [4.78, 5) is 9.76. The molecule has 2 saturated heterocycles. The lowest BCUT2D eigenvalue weighted by atomic mass is 10.0. The predicted molar refractivity (Wildman–Crippen MR) is 123 cm³/mol. The topological polar surface area (TPSA) is 52.1 Å². The van der Waals surface area contributed by atoms with Gasteiger partial charge in [0.1, 0.15) is 0 Å². The van der Waals surface area contributed by atoms with E-state index in [0.717, 1.165) is 51.4 Å². The third-order valence-corrected chi connectivity index (χ3v) is 7.04. The molecule has 2 aliphatic heterocycles. The fraction of sp³-hybridized carbons (Fsp3) is 0.708. The zero-order valence-electron chi connectivity index (χ0n) is 18.8. The summed E-state index contributed by atoms with van der Waals surface area (Å²) in [5, 5.41) is 7.32. The van der Waals surface area contributed by atoms with Crippen LogP contribution in [0.5, 0.6) is 0 Å². The van der Waals surface area contributed by atoms with Crippen molar-refractivity contribution in [2.45, 2.75) is 57.2 Å². The molecule has 1 aliphatic carbocycles. The first-order chi connectivity index (χ1) is 14.7. The highest BCUT2D eigenvalue weighted by molar-refractivity contribution is 5.80. The highest BCUT2D eigenvalue weighted by Crippen LogP contribution is 2.26. The molecule has 2 unspecified atom stereocenters. The van der Waals surface area contributed by atoms with Gasteiger partial charge in [0.2, 0.25) is 0 Å². The van der Waals surface area contributed by atoms with Crippen LogP contribution in [0.3, 0.4) is 0 Å². The van der Waals surface area contributed by atoms with Crippen LogP contribution in [0.2, 0.25) is 0 Å². The van der Waals surface area contributed by atoms with Gasteiger partial charge in [-0.15, -0.1) is 0 Å². The lowest BCUT2D eigenvalue weighted by Crippen LogP contribution is -2.49. The van der Waals surface area contributed by atoms with Crippen LogP contribution >= 0.6 is 0 Å². The number of hydrogen-bond acceptors (Lipinski definition) is 4. The molecule has 1 aromatic rings. The summed E-state index contributed by atoms with van der Waals surface area (Å²) >= 11 is 0. The second-order valence-corrected chi connectivity index (χ2v) is 9.09. The normalized spacial score (nSPS) is 25.5. The van der Waals surface area contributed by atoms with Gasteiger partial charge in [-0.3, -0.25) is 14.8 Å². The number of guanidine groups is 1. The fourth-order valence-corrected chi connectivity index (χ4v) is 5.22. The van der Waals surface area contributed by atoms with E-state index in [9.17, 15) is 0 Å². The molecule has 166 valence electrons. The minimum atomic E-state index is 0.326. The molecule has 0 aromatic heterocycles. The highest BCUT2D eigenvalue weighted by atomic mass is 16.5. The summed E-state index contributed by atoms with van der Waals surface area (Å²) in [6, 6.07) is 10.6. The van der Waals surface area contributed by atoms with Crippen molar-refractivity contribution in [2.75, 3.05) is 53.0 Å². The van der Waals surface area contributed by atoms with Crippen LogP contribution in [0, 0.1) is 6.92 Å². The summed E-state index contributed by atoms with van der Waals surface area (Å²) < 4.78 is 5.59. The van der Waals surface area contributed by atoms with E-state index in [2.05, 4.69) is 56.6 Å². The molecule has 3 fully saturated rings. The van der Waals surface area contributed by atoms with E-state index in [1.807, 2.05) is 7.05 Å². The lowest BCUT2D eigenvalue weighted by Gasteiger charge is -2.35. The Hall–Kier alpha value is -1.63. The van der Waals surface area contributed by atoms with Crippen LogP contribution in [-0.4, -0.2) is 80.8 Å². The Balaban J connectivity index is 1.33. The monoisotopic (exact) mass is 413 g/mol. The average molecular weight is 414 g/mol. The quantitative estimate of drug-likeness (QED) is 0.555. The van der Waals surface area contributed by atoms with Gasteiger partial charge in [-0.2, -0.15) is 0 Å². The van der Waals surface area contributed by atoms with E-state index in [-0.39, 0.29) is 0 Å². The number of nitrogens with one attached hydrogen (secondary N) is 2. The summed E-state index contributed by atoms with van der Waals surface area (Å²) in [5.74, 6) is 0.929. The van der Waals surface area contributed by atoms with Crippen molar-refractivity contribution in [1.29, 1.82) is 0 Å². The van der Waals surface area contributed by atoms with Crippen LogP contribution in [0.15, 0.2) is 29.3 Å². The molecule has 3 aliphatic rings. The Morgan fingerprint density at radius 3 is 2.53 bits per heavy atom. The lowest BCUT2D eigenvalue weighted by molar-refractivity contribution is 0.0170. The summed E-state index contributed by atoms with van der Waals surface area (Å²) in [5.41, 5.74) is 2.66. The van der Waals surface area contributed by atoms with E-state index < -0.39 is 0 Å². The van der Waals surface area contributed by atoms with Crippen molar-refractivity contribution >= 4 is 5.96 Å². The van der Waals surface area contributed by atoms with Crippen molar-refractivity contribution < 1.29 is 4.74 Å². The SMILES string of the molecule is CN=C(NCC(c1ccc(C)cc1)N1CCOCC1)NC1CCN(C2CCCC2)C1. The molecule has 2 atom stereocenters. The number of morpholine rings is 1. The molecule has 0 amide bonds. The third kappa shape index (κ3) is 5.54. The maximum absolute atomic E-state index is 5.59. The van der Waals surface area contributed by atoms with Crippen molar-refractivity contribution in [3.8, 4) is 0 Å². The van der Waals surface area contributed by atoms with E-state index in [4.69, 9.17) is 4.74 Å². The molecule has 1 saturated carbocycles. The van der Waals surface area contributed by atoms with Crippen LogP contribution < -0.4 is 10.6 Å². The van der Waals surface area contributed by atoms with Crippen LogP contribution in [-0.2, 0) is 4.74 Å². The predicted octanol–water partition coefficient (Wildman–Crippen LogP) is 2.55. The first kappa shape index (κ1) is 21.6.